The number of hydrogen-bond donors (Lipinski definition) is 2. The van der Waals surface area contributed by atoms with E-state index in [1.54, 1.807) is 4.90 Å². The maximum Gasteiger partial charge on any atom is 0.239 e. The lowest BCUT2D eigenvalue weighted by Crippen LogP contribution is -2.44. The number of carbonyl (C=O) groups excluding carboxylic acids is 2. The van der Waals surface area contributed by atoms with Gasteiger partial charge in [0, 0.05) is 43.5 Å². The average molecular weight is 500 g/mol. The van der Waals surface area contributed by atoms with Gasteiger partial charge in [-0.15, -0.1) is 0 Å². The maximum absolute atomic E-state index is 15.3. The van der Waals surface area contributed by atoms with Crippen molar-refractivity contribution >= 4 is 23.1 Å². The lowest BCUT2D eigenvalue weighted by molar-refractivity contribution is -0.126. The molecule has 192 valence electrons. The van der Waals surface area contributed by atoms with E-state index >= 15 is 4.39 Å². The zero-order valence-electron chi connectivity index (χ0n) is 20.9. The van der Waals surface area contributed by atoms with Crippen molar-refractivity contribution in [3.05, 3.63) is 70.9 Å². The first-order chi connectivity index (χ1) is 17.1. The first kappa shape index (κ1) is 25.8. The monoisotopic (exact) mass is 499 g/mol. The quantitative estimate of drug-likeness (QED) is 0.553. The lowest BCUT2D eigenvalue weighted by atomic mass is 9.73. The van der Waals surface area contributed by atoms with E-state index in [2.05, 4.69) is 10.6 Å². The van der Waals surface area contributed by atoms with Crippen molar-refractivity contribution in [2.75, 3.05) is 37.5 Å². The number of anilines is 2. The number of methoxy groups -OCH3 is 2. The van der Waals surface area contributed by atoms with Gasteiger partial charge in [0.1, 0.15) is 11.6 Å². The van der Waals surface area contributed by atoms with Gasteiger partial charge < -0.3 is 25.0 Å². The standard InChI is InChI=1S/C27H31F2N3O4/c1-27(2)12-20-25(22(33)13-27)26(17-10-9-16(28)11-18(17)29)32(21-8-6-5-7-19(21)31-20)15-23(34)30-14-24(35-3)36-4/h5-11,24,26,31H,12-15H2,1-4H3,(H,30,34). The third-order valence-electron chi connectivity index (χ3n) is 6.57. The Labute approximate surface area is 209 Å². The van der Waals surface area contributed by atoms with Crippen LogP contribution in [0.3, 0.4) is 0 Å². The summed E-state index contributed by atoms with van der Waals surface area (Å²) < 4.78 is 39.4. The SMILES string of the molecule is COC(CNC(=O)CN1c2ccccc2NC2=C(C(=O)CC(C)(C)C2)C1c1ccc(F)cc1F)OC. The molecule has 9 heteroatoms. The topological polar surface area (TPSA) is 79.9 Å². The van der Waals surface area contributed by atoms with E-state index < -0.39 is 24.0 Å². The molecule has 0 fully saturated rings. The maximum atomic E-state index is 15.3. The summed E-state index contributed by atoms with van der Waals surface area (Å²) in [5.41, 5.74) is 2.20. The van der Waals surface area contributed by atoms with Crippen LogP contribution in [0.1, 0.15) is 38.3 Å². The molecule has 4 rings (SSSR count). The van der Waals surface area contributed by atoms with Crippen molar-refractivity contribution < 1.29 is 27.8 Å². The molecule has 0 spiro atoms. The Kier molecular flexibility index (Phi) is 7.42. The normalized spacial score (nSPS) is 18.9. The number of allylic oxidation sites excluding steroid dienone is 1. The van der Waals surface area contributed by atoms with Crippen molar-refractivity contribution in [2.45, 2.75) is 39.0 Å². The van der Waals surface area contributed by atoms with Gasteiger partial charge in [-0.1, -0.05) is 32.0 Å². The number of Topliss-reactive ketones (excluding diaryl/α,β-unsaturated/α-hetero) is 1. The minimum absolute atomic E-state index is 0.107. The zero-order chi connectivity index (χ0) is 26.0. The van der Waals surface area contributed by atoms with E-state index in [0.717, 1.165) is 6.07 Å². The van der Waals surface area contributed by atoms with Crippen molar-refractivity contribution in [3.63, 3.8) is 0 Å². The predicted molar refractivity (Wildman–Crippen MR) is 132 cm³/mol. The van der Waals surface area contributed by atoms with Crippen LogP contribution < -0.4 is 15.5 Å². The van der Waals surface area contributed by atoms with Crippen LogP contribution in [0.4, 0.5) is 20.2 Å². The fourth-order valence-electron chi connectivity index (χ4n) is 4.94. The molecule has 2 aromatic carbocycles. The van der Waals surface area contributed by atoms with Gasteiger partial charge in [0.05, 0.1) is 30.5 Å². The second kappa shape index (κ2) is 10.4. The molecule has 0 aromatic heterocycles. The predicted octanol–water partition coefficient (Wildman–Crippen LogP) is 4.32. The molecule has 1 unspecified atom stereocenters. The smallest absolute Gasteiger partial charge is 0.239 e. The van der Waals surface area contributed by atoms with E-state index in [4.69, 9.17) is 9.47 Å². The molecule has 2 aliphatic rings. The third-order valence-corrected chi connectivity index (χ3v) is 6.57. The molecule has 1 amide bonds. The Bertz CT molecular complexity index is 1190. The molecule has 1 aliphatic carbocycles. The molecule has 1 heterocycles. The number of ether oxygens (including phenoxy) is 2. The highest BCUT2D eigenvalue weighted by molar-refractivity contribution is 6.01. The van der Waals surface area contributed by atoms with Gasteiger partial charge in [-0.2, -0.15) is 0 Å². The zero-order valence-corrected chi connectivity index (χ0v) is 20.9. The molecular formula is C27H31F2N3O4. The molecule has 2 aromatic rings. The number of amides is 1. The minimum atomic E-state index is -0.938. The first-order valence-electron chi connectivity index (χ1n) is 11.8. The van der Waals surface area contributed by atoms with Crippen LogP contribution in [0.5, 0.6) is 0 Å². The molecule has 0 radical (unpaired) electrons. The van der Waals surface area contributed by atoms with Crippen LogP contribution in [0, 0.1) is 17.0 Å². The number of carbonyl (C=O) groups is 2. The van der Waals surface area contributed by atoms with Gasteiger partial charge in [-0.25, -0.2) is 8.78 Å². The molecule has 7 nitrogen and oxygen atoms in total. The van der Waals surface area contributed by atoms with Crippen LogP contribution in [0.15, 0.2) is 53.7 Å². The van der Waals surface area contributed by atoms with Crippen molar-refractivity contribution in [2.24, 2.45) is 5.41 Å². The first-order valence-corrected chi connectivity index (χ1v) is 11.8. The Morgan fingerprint density at radius 3 is 2.58 bits per heavy atom. The molecule has 0 saturated carbocycles. The van der Waals surface area contributed by atoms with E-state index in [-0.39, 0.29) is 42.2 Å². The number of nitrogens with zero attached hydrogens (tertiary/aromatic N) is 1. The summed E-state index contributed by atoms with van der Waals surface area (Å²) >= 11 is 0. The van der Waals surface area contributed by atoms with Crippen molar-refractivity contribution in [1.82, 2.24) is 5.32 Å². The highest BCUT2D eigenvalue weighted by Gasteiger charge is 2.42. The van der Waals surface area contributed by atoms with E-state index in [9.17, 15) is 14.0 Å². The Morgan fingerprint density at radius 2 is 1.89 bits per heavy atom. The van der Waals surface area contributed by atoms with Gasteiger partial charge in [0.25, 0.3) is 0 Å². The van der Waals surface area contributed by atoms with Gasteiger partial charge >= 0.3 is 0 Å². The summed E-state index contributed by atoms with van der Waals surface area (Å²) in [4.78, 5) is 28.4. The summed E-state index contributed by atoms with van der Waals surface area (Å²) in [6, 6.07) is 9.70. The Morgan fingerprint density at radius 1 is 1.17 bits per heavy atom. The average Bonchev–Trinajstić information content (AvgIpc) is 2.93. The summed E-state index contributed by atoms with van der Waals surface area (Å²) in [5.74, 6) is -2.01. The molecule has 2 N–H and O–H groups in total. The fourth-order valence-corrected chi connectivity index (χ4v) is 4.94. The summed E-state index contributed by atoms with van der Waals surface area (Å²) in [5, 5.41) is 6.17. The number of benzene rings is 2. The Balaban J connectivity index is 1.85. The van der Waals surface area contributed by atoms with Crippen LogP contribution >= 0.6 is 0 Å². The summed E-state index contributed by atoms with van der Waals surface area (Å²) in [6.45, 7) is 3.94. The van der Waals surface area contributed by atoms with Gasteiger partial charge in [0.15, 0.2) is 12.1 Å². The lowest BCUT2D eigenvalue weighted by Gasteiger charge is -2.38. The van der Waals surface area contributed by atoms with Gasteiger partial charge in [-0.3, -0.25) is 9.59 Å². The summed E-state index contributed by atoms with van der Waals surface area (Å²) in [7, 11) is 2.93. The summed E-state index contributed by atoms with van der Waals surface area (Å²) in [6.07, 6.45) is 0.200. The number of rotatable bonds is 7. The van der Waals surface area contributed by atoms with E-state index in [1.165, 1.54) is 26.4 Å². The Hall–Kier alpha value is -3.30. The van der Waals surface area contributed by atoms with Crippen LogP contribution in [-0.2, 0) is 19.1 Å². The van der Waals surface area contributed by atoms with Crippen LogP contribution in [0.2, 0.25) is 0 Å². The fraction of sp³-hybridized carbons (Fsp3) is 0.407. The number of hydrogen-bond acceptors (Lipinski definition) is 6. The minimum Gasteiger partial charge on any atom is -0.357 e. The third kappa shape index (κ3) is 5.27. The second-order valence-corrected chi connectivity index (χ2v) is 9.88. The number of nitrogens with one attached hydrogen (secondary N) is 2. The van der Waals surface area contributed by atoms with Crippen LogP contribution in [-0.4, -0.2) is 45.3 Å². The van der Waals surface area contributed by atoms with E-state index in [1.807, 2.05) is 38.1 Å². The molecular weight excluding hydrogens is 468 g/mol. The largest absolute Gasteiger partial charge is 0.357 e. The number of fused-ring (bicyclic) bond motifs is 1. The van der Waals surface area contributed by atoms with E-state index in [0.29, 0.717) is 29.1 Å². The van der Waals surface area contributed by atoms with Crippen molar-refractivity contribution in [3.8, 4) is 0 Å². The number of ketones is 1. The van der Waals surface area contributed by atoms with Crippen molar-refractivity contribution in [1.29, 1.82) is 0 Å². The van der Waals surface area contributed by atoms with Gasteiger partial charge in [-0.05, 0) is 30.0 Å². The molecule has 36 heavy (non-hydrogen) atoms. The molecule has 1 atom stereocenters. The molecule has 1 aliphatic heterocycles. The molecule has 0 saturated heterocycles. The highest BCUT2D eigenvalue weighted by atomic mass is 19.1. The number of para-hydroxylation sites is 2. The van der Waals surface area contributed by atoms with Crippen LogP contribution in [0.25, 0.3) is 0 Å². The highest BCUT2D eigenvalue weighted by Crippen LogP contribution is 2.48. The number of halogens is 2. The second-order valence-electron chi connectivity index (χ2n) is 9.88. The molecule has 0 bridgehead atoms. The van der Waals surface area contributed by atoms with Gasteiger partial charge in [0.2, 0.25) is 5.91 Å².